The monoisotopic (exact) mass is 379 g/mol. The third kappa shape index (κ3) is 3.44. The van der Waals surface area contributed by atoms with Gasteiger partial charge in [-0.15, -0.1) is 0 Å². The molecule has 28 heavy (non-hydrogen) atoms. The average Bonchev–Trinajstić information content (AvgIpc) is 3.20. The first-order chi connectivity index (χ1) is 13.5. The summed E-state index contributed by atoms with van der Waals surface area (Å²) in [4.78, 5) is 29.9. The lowest BCUT2D eigenvalue weighted by Gasteiger charge is -2.27. The number of rotatable bonds is 4. The lowest BCUT2D eigenvalue weighted by molar-refractivity contribution is -0.115. The Kier molecular flexibility index (Phi) is 4.52. The van der Waals surface area contributed by atoms with Gasteiger partial charge in [0.1, 0.15) is 5.82 Å². The number of nitrogens with one attached hydrogen (secondary N) is 2. The summed E-state index contributed by atoms with van der Waals surface area (Å²) in [7, 11) is 1.82. The summed E-state index contributed by atoms with van der Waals surface area (Å²) in [5, 5.41) is 5.54. The van der Waals surface area contributed by atoms with E-state index in [1.54, 1.807) is 47.3 Å². The minimum absolute atomic E-state index is 0.124. The first kappa shape index (κ1) is 17.7. The Morgan fingerprint density at radius 1 is 1.25 bits per heavy atom. The van der Waals surface area contributed by atoms with Gasteiger partial charge in [-0.05, 0) is 35.9 Å². The van der Waals surface area contributed by atoms with Crippen LogP contribution in [0.1, 0.15) is 15.9 Å². The fourth-order valence-electron chi connectivity index (χ4n) is 3.16. The van der Waals surface area contributed by atoms with Crippen molar-refractivity contribution >= 4 is 23.2 Å². The van der Waals surface area contributed by atoms with Crippen LogP contribution < -0.4 is 15.5 Å². The lowest BCUT2D eigenvalue weighted by atomic mass is 10.1. The number of amides is 2. The molecule has 0 aliphatic carbocycles. The predicted molar refractivity (Wildman–Crippen MR) is 103 cm³/mol. The van der Waals surface area contributed by atoms with Crippen molar-refractivity contribution in [3.05, 3.63) is 72.1 Å². The Balaban J connectivity index is 1.45. The Morgan fingerprint density at radius 2 is 2.07 bits per heavy atom. The number of halogens is 1. The number of hydrogen-bond acceptors (Lipinski definition) is 4. The molecule has 2 aromatic carbocycles. The summed E-state index contributed by atoms with van der Waals surface area (Å²) in [6.07, 6.45) is 4.75. The molecule has 2 N–H and O–H groups in total. The summed E-state index contributed by atoms with van der Waals surface area (Å²) in [5.74, 6) is -0.824. The quantitative estimate of drug-likeness (QED) is 0.729. The molecule has 1 aromatic heterocycles. The van der Waals surface area contributed by atoms with E-state index >= 15 is 0 Å². The van der Waals surface area contributed by atoms with Crippen molar-refractivity contribution in [3.8, 4) is 5.69 Å². The van der Waals surface area contributed by atoms with E-state index in [1.165, 1.54) is 12.4 Å². The van der Waals surface area contributed by atoms with Crippen molar-refractivity contribution in [2.75, 3.05) is 23.8 Å². The number of nitrogens with zero attached hydrogens (tertiary/aromatic N) is 3. The highest BCUT2D eigenvalue weighted by Crippen LogP contribution is 2.29. The van der Waals surface area contributed by atoms with Gasteiger partial charge in [0.05, 0.1) is 29.9 Å². The third-order valence-electron chi connectivity index (χ3n) is 4.57. The standard InChI is InChI=1S/C20H18FN5O2/c1-25-11-19(27)24-16-9-14(3-5-18(16)25)20(28)23-10-13-2-4-17(15(21)8-13)26-7-6-22-12-26/h2-9,12H,10-11H2,1H3,(H,23,28)(H,24,27). The molecule has 0 saturated carbocycles. The molecule has 4 rings (SSSR count). The number of aromatic nitrogens is 2. The number of carbonyl (C=O) groups is 2. The molecule has 0 radical (unpaired) electrons. The SMILES string of the molecule is CN1CC(=O)Nc2cc(C(=O)NCc3ccc(-n4ccnc4)c(F)c3)ccc21. The van der Waals surface area contributed by atoms with Gasteiger partial charge in [0.25, 0.3) is 5.91 Å². The highest BCUT2D eigenvalue weighted by atomic mass is 19.1. The molecule has 0 atom stereocenters. The number of benzene rings is 2. The van der Waals surface area contributed by atoms with Crippen molar-refractivity contribution in [1.29, 1.82) is 0 Å². The molecule has 2 heterocycles. The highest BCUT2D eigenvalue weighted by Gasteiger charge is 2.20. The molecular formula is C20H18FN5O2. The van der Waals surface area contributed by atoms with Crippen LogP contribution >= 0.6 is 0 Å². The van der Waals surface area contributed by atoms with Crippen LogP contribution in [0.15, 0.2) is 55.1 Å². The van der Waals surface area contributed by atoms with Crippen LogP contribution in [0.3, 0.4) is 0 Å². The van der Waals surface area contributed by atoms with E-state index in [9.17, 15) is 14.0 Å². The molecule has 3 aromatic rings. The van der Waals surface area contributed by atoms with Gasteiger partial charge in [-0.3, -0.25) is 9.59 Å². The van der Waals surface area contributed by atoms with E-state index in [4.69, 9.17) is 0 Å². The second-order valence-electron chi connectivity index (χ2n) is 6.57. The molecule has 1 aliphatic heterocycles. The normalized spacial score (nSPS) is 13.1. The molecule has 142 valence electrons. The maximum Gasteiger partial charge on any atom is 0.251 e. The maximum absolute atomic E-state index is 14.3. The summed E-state index contributed by atoms with van der Waals surface area (Å²) < 4.78 is 15.9. The highest BCUT2D eigenvalue weighted by molar-refractivity contribution is 6.03. The van der Waals surface area contributed by atoms with Gasteiger partial charge in [-0.1, -0.05) is 6.07 Å². The van der Waals surface area contributed by atoms with Crippen molar-refractivity contribution in [2.24, 2.45) is 0 Å². The first-order valence-electron chi connectivity index (χ1n) is 8.71. The van der Waals surface area contributed by atoms with E-state index in [1.807, 2.05) is 11.9 Å². The van der Waals surface area contributed by atoms with Crippen LogP contribution in [-0.2, 0) is 11.3 Å². The minimum atomic E-state index is -0.399. The van der Waals surface area contributed by atoms with Crippen LogP contribution in [0.2, 0.25) is 0 Å². The van der Waals surface area contributed by atoms with Crippen LogP contribution in [0.25, 0.3) is 5.69 Å². The van der Waals surface area contributed by atoms with Gasteiger partial charge < -0.3 is 20.1 Å². The van der Waals surface area contributed by atoms with E-state index in [0.29, 0.717) is 22.5 Å². The Bertz CT molecular complexity index is 1050. The van der Waals surface area contributed by atoms with Crippen LogP contribution in [0, 0.1) is 5.82 Å². The van der Waals surface area contributed by atoms with E-state index in [2.05, 4.69) is 15.6 Å². The molecule has 0 bridgehead atoms. The first-order valence-corrected chi connectivity index (χ1v) is 8.71. The maximum atomic E-state index is 14.3. The summed E-state index contributed by atoms with van der Waals surface area (Å²) >= 11 is 0. The van der Waals surface area contributed by atoms with Gasteiger partial charge in [-0.2, -0.15) is 0 Å². The van der Waals surface area contributed by atoms with Crippen LogP contribution in [-0.4, -0.2) is 35.0 Å². The van der Waals surface area contributed by atoms with Gasteiger partial charge >= 0.3 is 0 Å². The molecule has 7 nitrogen and oxygen atoms in total. The van der Waals surface area contributed by atoms with Gasteiger partial charge in [0.2, 0.25) is 5.91 Å². The molecule has 0 saturated heterocycles. The Hall–Kier alpha value is -3.68. The third-order valence-corrected chi connectivity index (χ3v) is 4.57. The van der Waals surface area contributed by atoms with Gasteiger partial charge in [0, 0.05) is 31.5 Å². The molecular weight excluding hydrogens is 361 g/mol. The van der Waals surface area contributed by atoms with Crippen molar-refractivity contribution < 1.29 is 14.0 Å². The number of imidazole rings is 1. The van der Waals surface area contributed by atoms with E-state index < -0.39 is 5.82 Å². The number of anilines is 2. The van der Waals surface area contributed by atoms with E-state index in [0.717, 1.165) is 5.69 Å². The molecule has 0 spiro atoms. The largest absolute Gasteiger partial charge is 0.364 e. The van der Waals surface area contributed by atoms with Gasteiger partial charge in [0.15, 0.2) is 0 Å². The Morgan fingerprint density at radius 3 is 2.82 bits per heavy atom. The zero-order valence-electron chi connectivity index (χ0n) is 15.1. The minimum Gasteiger partial charge on any atom is -0.364 e. The number of hydrogen-bond donors (Lipinski definition) is 2. The van der Waals surface area contributed by atoms with E-state index in [-0.39, 0.29) is 24.9 Å². The van der Waals surface area contributed by atoms with Crippen molar-refractivity contribution in [1.82, 2.24) is 14.9 Å². The molecule has 2 amide bonds. The lowest BCUT2D eigenvalue weighted by Crippen LogP contribution is -2.35. The summed E-state index contributed by atoms with van der Waals surface area (Å²) in [6, 6.07) is 9.91. The zero-order valence-corrected chi connectivity index (χ0v) is 15.1. The Labute approximate surface area is 160 Å². The average molecular weight is 379 g/mol. The van der Waals surface area contributed by atoms with Crippen LogP contribution in [0.5, 0.6) is 0 Å². The number of carbonyl (C=O) groups excluding carboxylic acids is 2. The summed E-state index contributed by atoms with van der Waals surface area (Å²) in [5.41, 5.74) is 2.91. The molecule has 0 fully saturated rings. The molecule has 1 aliphatic rings. The van der Waals surface area contributed by atoms with Crippen molar-refractivity contribution in [2.45, 2.75) is 6.54 Å². The number of likely N-dealkylation sites (N-methyl/N-ethyl adjacent to an activating group) is 1. The molecule has 8 heteroatoms. The van der Waals surface area contributed by atoms with Crippen molar-refractivity contribution in [3.63, 3.8) is 0 Å². The second-order valence-corrected chi connectivity index (χ2v) is 6.57. The predicted octanol–water partition coefficient (Wildman–Crippen LogP) is 2.33. The molecule has 0 unspecified atom stereocenters. The topological polar surface area (TPSA) is 79.3 Å². The number of fused-ring (bicyclic) bond motifs is 1. The van der Waals surface area contributed by atoms with Gasteiger partial charge in [-0.25, -0.2) is 9.37 Å². The summed E-state index contributed by atoms with van der Waals surface area (Å²) in [6.45, 7) is 0.461. The fourth-order valence-corrected chi connectivity index (χ4v) is 3.16. The van der Waals surface area contributed by atoms with Crippen LogP contribution in [0.4, 0.5) is 15.8 Å². The fraction of sp³-hybridized carbons (Fsp3) is 0.150. The second kappa shape index (κ2) is 7.15. The zero-order chi connectivity index (χ0) is 19.7. The smallest absolute Gasteiger partial charge is 0.251 e.